The van der Waals surface area contributed by atoms with Crippen LogP contribution in [-0.4, -0.2) is 55.1 Å². The summed E-state index contributed by atoms with van der Waals surface area (Å²) in [6.45, 7) is 12.6. The summed E-state index contributed by atoms with van der Waals surface area (Å²) >= 11 is 1.82. The summed E-state index contributed by atoms with van der Waals surface area (Å²) in [6.07, 6.45) is 6.06. The maximum atomic E-state index is 4.71. The SMILES string of the molecule is CCNC(=NCCN1CCCCC1)NCCc1nc(CC)c(C)s1. The molecule has 1 aromatic rings. The van der Waals surface area contributed by atoms with Crippen LogP contribution in [0.15, 0.2) is 4.99 Å². The van der Waals surface area contributed by atoms with Crippen molar-refractivity contribution in [2.45, 2.75) is 52.9 Å². The number of aryl methyl sites for hydroxylation is 2. The van der Waals surface area contributed by atoms with Crippen molar-refractivity contribution in [1.82, 2.24) is 20.5 Å². The molecule has 0 atom stereocenters. The van der Waals surface area contributed by atoms with Crippen LogP contribution in [0.5, 0.6) is 0 Å². The molecule has 136 valence electrons. The number of rotatable bonds is 8. The van der Waals surface area contributed by atoms with Crippen LogP contribution >= 0.6 is 11.3 Å². The van der Waals surface area contributed by atoms with Crippen molar-refractivity contribution in [3.8, 4) is 0 Å². The second-order valence-electron chi connectivity index (χ2n) is 6.30. The van der Waals surface area contributed by atoms with Gasteiger partial charge in [0.25, 0.3) is 0 Å². The van der Waals surface area contributed by atoms with Gasteiger partial charge in [-0.1, -0.05) is 13.3 Å². The molecule has 1 aromatic heterocycles. The summed E-state index contributed by atoms with van der Waals surface area (Å²) in [5.74, 6) is 0.929. The molecule has 0 bridgehead atoms. The molecule has 0 saturated carbocycles. The fraction of sp³-hybridized carbons (Fsp3) is 0.778. The molecule has 1 saturated heterocycles. The number of hydrogen-bond acceptors (Lipinski definition) is 4. The normalized spacial score (nSPS) is 16.4. The van der Waals surface area contributed by atoms with E-state index < -0.39 is 0 Å². The van der Waals surface area contributed by atoms with Gasteiger partial charge in [-0.2, -0.15) is 0 Å². The number of guanidine groups is 1. The monoisotopic (exact) mass is 351 g/mol. The highest BCUT2D eigenvalue weighted by atomic mass is 32.1. The molecule has 1 aliphatic heterocycles. The molecule has 2 rings (SSSR count). The van der Waals surface area contributed by atoms with E-state index in [0.717, 1.165) is 45.0 Å². The van der Waals surface area contributed by atoms with Crippen LogP contribution in [0.3, 0.4) is 0 Å². The zero-order chi connectivity index (χ0) is 17.2. The van der Waals surface area contributed by atoms with E-state index in [9.17, 15) is 0 Å². The molecule has 0 amide bonds. The molecule has 0 aromatic carbocycles. The Hall–Kier alpha value is -1.14. The van der Waals surface area contributed by atoms with Gasteiger partial charge < -0.3 is 15.5 Å². The minimum Gasteiger partial charge on any atom is -0.357 e. The molecule has 6 heteroatoms. The van der Waals surface area contributed by atoms with Gasteiger partial charge in [0.15, 0.2) is 5.96 Å². The molecule has 1 fully saturated rings. The van der Waals surface area contributed by atoms with E-state index in [-0.39, 0.29) is 0 Å². The lowest BCUT2D eigenvalue weighted by Gasteiger charge is -2.25. The molecule has 0 radical (unpaired) electrons. The second-order valence-corrected chi connectivity index (χ2v) is 7.59. The smallest absolute Gasteiger partial charge is 0.191 e. The van der Waals surface area contributed by atoms with E-state index in [0.29, 0.717) is 0 Å². The average Bonchev–Trinajstić information content (AvgIpc) is 2.95. The molecular weight excluding hydrogens is 318 g/mol. The molecule has 1 aliphatic rings. The van der Waals surface area contributed by atoms with E-state index in [1.54, 1.807) is 0 Å². The topological polar surface area (TPSA) is 52.6 Å². The van der Waals surface area contributed by atoms with Crippen LogP contribution < -0.4 is 10.6 Å². The summed E-state index contributed by atoms with van der Waals surface area (Å²) in [7, 11) is 0. The van der Waals surface area contributed by atoms with Gasteiger partial charge in [-0.15, -0.1) is 11.3 Å². The van der Waals surface area contributed by atoms with Crippen molar-refractivity contribution in [3.63, 3.8) is 0 Å². The van der Waals surface area contributed by atoms with Crippen molar-refractivity contribution in [2.75, 3.05) is 39.3 Å². The van der Waals surface area contributed by atoms with Crippen LogP contribution in [0.25, 0.3) is 0 Å². The van der Waals surface area contributed by atoms with E-state index >= 15 is 0 Å². The number of hydrogen-bond donors (Lipinski definition) is 2. The molecular formula is C18H33N5S. The van der Waals surface area contributed by atoms with Gasteiger partial charge in [0.2, 0.25) is 0 Å². The lowest BCUT2D eigenvalue weighted by Crippen LogP contribution is -2.39. The molecule has 0 aliphatic carbocycles. The maximum Gasteiger partial charge on any atom is 0.191 e. The Kier molecular flexibility index (Phi) is 8.53. The molecule has 2 heterocycles. The third-order valence-electron chi connectivity index (χ3n) is 4.38. The quantitative estimate of drug-likeness (QED) is 0.558. The minimum atomic E-state index is 0.867. The van der Waals surface area contributed by atoms with Gasteiger partial charge in [-0.05, 0) is 46.2 Å². The summed E-state index contributed by atoms with van der Waals surface area (Å²) in [5, 5.41) is 8.00. The molecule has 0 unspecified atom stereocenters. The Morgan fingerprint density at radius 3 is 2.67 bits per heavy atom. The van der Waals surface area contributed by atoms with Gasteiger partial charge in [-0.25, -0.2) is 4.98 Å². The Morgan fingerprint density at radius 1 is 1.21 bits per heavy atom. The summed E-state index contributed by atoms with van der Waals surface area (Å²) in [4.78, 5) is 13.3. The Labute approximate surface area is 151 Å². The van der Waals surface area contributed by atoms with Crippen LogP contribution in [-0.2, 0) is 12.8 Å². The Balaban J connectivity index is 1.73. The van der Waals surface area contributed by atoms with Crippen molar-refractivity contribution >= 4 is 17.3 Å². The van der Waals surface area contributed by atoms with Crippen molar-refractivity contribution in [3.05, 3.63) is 15.6 Å². The molecule has 0 spiro atoms. The van der Waals surface area contributed by atoms with Crippen molar-refractivity contribution in [2.24, 2.45) is 4.99 Å². The third kappa shape index (κ3) is 6.40. The van der Waals surface area contributed by atoms with E-state index in [1.165, 1.54) is 47.9 Å². The summed E-state index contributed by atoms with van der Waals surface area (Å²) in [6, 6.07) is 0. The number of aromatic nitrogens is 1. The standard InChI is InChI=1S/C18H33N5S/c1-4-16-15(3)24-17(22-16)9-10-20-18(19-5-2)21-11-14-23-12-7-6-8-13-23/h4-14H2,1-3H3,(H2,19,20,21). The van der Waals surface area contributed by atoms with Gasteiger partial charge in [0.05, 0.1) is 17.2 Å². The van der Waals surface area contributed by atoms with Crippen LogP contribution in [0.2, 0.25) is 0 Å². The number of nitrogens with one attached hydrogen (secondary N) is 2. The lowest BCUT2D eigenvalue weighted by molar-refractivity contribution is 0.235. The Bertz CT molecular complexity index is 506. The highest BCUT2D eigenvalue weighted by Crippen LogP contribution is 2.17. The van der Waals surface area contributed by atoms with E-state index in [1.807, 2.05) is 11.3 Å². The second kappa shape index (κ2) is 10.7. The highest BCUT2D eigenvalue weighted by Gasteiger charge is 2.09. The van der Waals surface area contributed by atoms with Crippen LogP contribution in [0.1, 0.15) is 48.7 Å². The molecule has 2 N–H and O–H groups in total. The van der Waals surface area contributed by atoms with E-state index in [4.69, 9.17) is 9.98 Å². The van der Waals surface area contributed by atoms with Gasteiger partial charge in [0, 0.05) is 30.9 Å². The zero-order valence-corrected chi connectivity index (χ0v) is 16.3. The number of nitrogens with zero attached hydrogens (tertiary/aromatic N) is 3. The van der Waals surface area contributed by atoms with Gasteiger partial charge in [0.1, 0.15) is 0 Å². The van der Waals surface area contributed by atoms with Gasteiger partial charge >= 0.3 is 0 Å². The first-order chi connectivity index (χ1) is 11.7. The number of piperidine rings is 1. The zero-order valence-electron chi connectivity index (χ0n) is 15.5. The third-order valence-corrected chi connectivity index (χ3v) is 5.46. The highest BCUT2D eigenvalue weighted by molar-refractivity contribution is 7.11. The number of likely N-dealkylation sites (tertiary alicyclic amines) is 1. The van der Waals surface area contributed by atoms with Crippen LogP contribution in [0, 0.1) is 6.92 Å². The fourth-order valence-corrected chi connectivity index (χ4v) is 4.06. The average molecular weight is 352 g/mol. The largest absolute Gasteiger partial charge is 0.357 e. The number of thiazole rings is 1. The van der Waals surface area contributed by atoms with Gasteiger partial charge in [-0.3, -0.25) is 4.99 Å². The first-order valence-electron chi connectivity index (χ1n) is 9.42. The van der Waals surface area contributed by atoms with E-state index in [2.05, 4.69) is 36.3 Å². The minimum absolute atomic E-state index is 0.867. The van der Waals surface area contributed by atoms with Crippen molar-refractivity contribution in [1.29, 1.82) is 0 Å². The number of aliphatic imine (C=N–C) groups is 1. The van der Waals surface area contributed by atoms with Crippen molar-refractivity contribution < 1.29 is 0 Å². The lowest BCUT2D eigenvalue weighted by atomic mass is 10.1. The summed E-state index contributed by atoms with van der Waals surface area (Å²) in [5.41, 5.74) is 1.25. The molecule has 5 nitrogen and oxygen atoms in total. The maximum absolute atomic E-state index is 4.71. The predicted molar refractivity (Wildman–Crippen MR) is 104 cm³/mol. The Morgan fingerprint density at radius 2 is 2.00 bits per heavy atom. The first-order valence-corrected chi connectivity index (χ1v) is 10.2. The van der Waals surface area contributed by atoms with Crippen LogP contribution in [0.4, 0.5) is 0 Å². The summed E-state index contributed by atoms with van der Waals surface area (Å²) < 4.78 is 0. The fourth-order valence-electron chi connectivity index (χ4n) is 3.04. The first kappa shape index (κ1) is 19.2. The molecule has 24 heavy (non-hydrogen) atoms. The predicted octanol–water partition coefficient (Wildman–Crippen LogP) is 2.60.